The van der Waals surface area contributed by atoms with E-state index in [0.717, 1.165) is 6.07 Å². The van der Waals surface area contributed by atoms with Crippen LogP contribution < -0.4 is 4.72 Å². The highest BCUT2D eigenvalue weighted by Crippen LogP contribution is 2.22. The predicted molar refractivity (Wildman–Crippen MR) is 101 cm³/mol. The summed E-state index contributed by atoms with van der Waals surface area (Å²) in [4.78, 5) is 16.9. The van der Waals surface area contributed by atoms with Crippen molar-refractivity contribution in [3.63, 3.8) is 0 Å². The van der Waals surface area contributed by atoms with E-state index in [2.05, 4.69) is 9.71 Å². The molecule has 3 rings (SSSR count). The Morgan fingerprint density at radius 2 is 2.03 bits per heavy atom. The number of aromatic nitrogens is 1. The van der Waals surface area contributed by atoms with Gasteiger partial charge in [0.25, 0.3) is 0 Å². The summed E-state index contributed by atoms with van der Waals surface area (Å²) >= 11 is -2.40. The van der Waals surface area contributed by atoms with E-state index in [1.54, 1.807) is 12.1 Å². The first-order chi connectivity index (χ1) is 13.9. The van der Waals surface area contributed by atoms with E-state index < -0.39 is 34.2 Å². The molecule has 0 fully saturated rings. The highest BCUT2D eigenvalue weighted by Gasteiger charge is 2.19. The van der Waals surface area contributed by atoms with Crippen LogP contribution in [0, 0.1) is 23.0 Å². The summed E-state index contributed by atoms with van der Waals surface area (Å²) in [6.07, 6.45) is 2.01. The molecule has 0 aliphatic rings. The van der Waals surface area contributed by atoms with Crippen LogP contribution in [-0.2, 0) is 17.7 Å². The Hall–Kier alpha value is -3.06. The lowest BCUT2D eigenvalue weighted by Gasteiger charge is -2.10. The molecule has 0 radical (unpaired) electrons. The van der Waals surface area contributed by atoms with Crippen LogP contribution in [-0.4, -0.2) is 26.1 Å². The van der Waals surface area contributed by atoms with E-state index in [0.29, 0.717) is 28.5 Å². The molecule has 6 nitrogen and oxygen atoms in total. The number of halogens is 2. The third kappa shape index (κ3) is 4.86. The Labute approximate surface area is 167 Å². The zero-order valence-corrected chi connectivity index (χ0v) is 15.8. The molecule has 1 unspecified atom stereocenters. The Morgan fingerprint density at radius 1 is 1.24 bits per heavy atom. The first kappa shape index (κ1) is 20.7. The fourth-order valence-electron chi connectivity index (χ4n) is 2.89. The summed E-state index contributed by atoms with van der Waals surface area (Å²) in [5.74, 6) is -3.10. The van der Waals surface area contributed by atoms with Gasteiger partial charge in [-0.15, -0.1) is 0 Å². The number of nitrogens with zero attached hydrogens (tertiary/aromatic N) is 2. The second-order valence-electron chi connectivity index (χ2n) is 6.24. The molecule has 1 atom stereocenters. The van der Waals surface area contributed by atoms with Crippen LogP contribution in [0.25, 0.3) is 10.9 Å². The summed E-state index contributed by atoms with van der Waals surface area (Å²) in [6, 6.07) is 10.3. The number of ketones is 1. The van der Waals surface area contributed by atoms with Gasteiger partial charge in [0.15, 0.2) is 17.4 Å². The van der Waals surface area contributed by atoms with Crippen LogP contribution in [0.4, 0.5) is 8.78 Å². The Bertz CT molecular complexity index is 1160. The standard InChI is InChI=1S/C20H15F2N3O3S/c21-17-8-12(2-1-5-25-29(27)28)7-16(19(17)22)20(26)14-3-4-18-15(9-14)6-13(10-23)11-24-18/h3-4,6-9,11,25H,1-2,5H2,(H,27,28)/p-1. The topological polar surface area (TPSA) is 106 Å². The quantitative estimate of drug-likeness (QED) is 0.364. The van der Waals surface area contributed by atoms with E-state index in [1.807, 2.05) is 6.07 Å². The maximum Gasteiger partial charge on any atom is 0.196 e. The molecule has 1 heterocycles. The van der Waals surface area contributed by atoms with Crippen LogP contribution in [0.3, 0.4) is 0 Å². The molecule has 0 aliphatic carbocycles. The molecule has 0 spiro atoms. The SMILES string of the molecule is N#Cc1cnc2ccc(C(=O)c3cc(CCCNS(=O)[O-])cc(F)c3F)cc2c1. The second-order valence-corrected chi connectivity index (χ2v) is 7.00. The second kappa shape index (κ2) is 8.96. The van der Waals surface area contributed by atoms with Gasteiger partial charge in [-0.25, -0.2) is 13.5 Å². The summed E-state index contributed by atoms with van der Waals surface area (Å²) in [5, 5.41) is 9.51. The molecule has 29 heavy (non-hydrogen) atoms. The molecule has 0 amide bonds. The molecule has 2 aromatic carbocycles. The van der Waals surface area contributed by atoms with Gasteiger partial charge in [0, 0.05) is 35.0 Å². The highest BCUT2D eigenvalue weighted by molar-refractivity contribution is 7.77. The number of benzene rings is 2. The van der Waals surface area contributed by atoms with Crippen molar-refractivity contribution in [2.24, 2.45) is 0 Å². The molecular weight excluding hydrogens is 400 g/mol. The van der Waals surface area contributed by atoms with E-state index in [4.69, 9.17) is 5.26 Å². The number of hydrogen-bond donors (Lipinski definition) is 1. The summed E-state index contributed by atoms with van der Waals surface area (Å²) in [6.45, 7) is 0.136. The van der Waals surface area contributed by atoms with Crippen molar-refractivity contribution in [2.75, 3.05) is 6.54 Å². The normalized spacial score (nSPS) is 11.9. The smallest absolute Gasteiger partial charge is 0.196 e. The van der Waals surface area contributed by atoms with Crippen LogP contribution in [0.5, 0.6) is 0 Å². The van der Waals surface area contributed by atoms with E-state index in [1.165, 1.54) is 24.4 Å². The van der Waals surface area contributed by atoms with Crippen LogP contribution in [0.15, 0.2) is 42.6 Å². The van der Waals surface area contributed by atoms with E-state index in [-0.39, 0.29) is 18.5 Å². The van der Waals surface area contributed by atoms with Crippen molar-refractivity contribution in [1.29, 1.82) is 5.26 Å². The van der Waals surface area contributed by atoms with Crippen molar-refractivity contribution in [1.82, 2.24) is 9.71 Å². The number of carbonyl (C=O) groups excluding carboxylic acids is 1. The van der Waals surface area contributed by atoms with Gasteiger partial charge in [0.2, 0.25) is 0 Å². The fraction of sp³-hybridized carbons (Fsp3) is 0.150. The monoisotopic (exact) mass is 414 g/mol. The number of aryl methyl sites for hydroxylation is 1. The molecule has 0 saturated carbocycles. The molecule has 0 saturated heterocycles. The minimum atomic E-state index is -2.40. The number of nitriles is 1. The van der Waals surface area contributed by atoms with Crippen molar-refractivity contribution in [3.8, 4) is 6.07 Å². The zero-order valence-electron chi connectivity index (χ0n) is 14.9. The van der Waals surface area contributed by atoms with Crippen LogP contribution in [0.2, 0.25) is 0 Å². The Morgan fingerprint density at radius 3 is 2.76 bits per heavy atom. The predicted octanol–water partition coefficient (Wildman–Crippen LogP) is 2.93. The average Bonchev–Trinajstić information content (AvgIpc) is 2.72. The number of fused-ring (bicyclic) bond motifs is 1. The van der Waals surface area contributed by atoms with Gasteiger partial charge >= 0.3 is 0 Å². The third-order valence-electron chi connectivity index (χ3n) is 4.27. The van der Waals surface area contributed by atoms with Gasteiger partial charge in [-0.05, 0) is 54.8 Å². The van der Waals surface area contributed by atoms with E-state index in [9.17, 15) is 22.3 Å². The van der Waals surface area contributed by atoms with Gasteiger partial charge in [-0.2, -0.15) is 5.26 Å². The first-order valence-electron chi connectivity index (χ1n) is 8.54. The van der Waals surface area contributed by atoms with Gasteiger partial charge < -0.3 is 4.55 Å². The lowest BCUT2D eigenvalue weighted by atomic mass is 9.97. The fourth-order valence-corrected chi connectivity index (χ4v) is 3.20. The number of hydrogen-bond acceptors (Lipinski definition) is 5. The Balaban J connectivity index is 1.90. The highest BCUT2D eigenvalue weighted by atomic mass is 32.2. The maximum absolute atomic E-state index is 14.3. The summed E-state index contributed by atoms with van der Waals surface area (Å²) in [5.41, 5.74) is 0.968. The minimum absolute atomic E-state index is 0.133. The molecule has 3 aromatic rings. The molecule has 9 heteroatoms. The number of rotatable bonds is 7. The van der Waals surface area contributed by atoms with Crippen LogP contribution >= 0.6 is 0 Å². The van der Waals surface area contributed by atoms with Gasteiger partial charge in [0.05, 0.1) is 16.6 Å². The first-order valence-corrected chi connectivity index (χ1v) is 9.62. The minimum Gasteiger partial charge on any atom is -0.760 e. The average molecular weight is 414 g/mol. The van der Waals surface area contributed by atoms with Gasteiger partial charge in [-0.3, -0.25) is 14.0 Å². The number of carbonyl (C=O) groups is 1. The molecule has 0 aliphatic heterocycles. The van der Waals surface area contributed by atoms with Crippen molar-refractivity contribution >= 4 is 28.0 Å². The van der Waals surface area contributed by atoms with Crippen LogP contribution in [0.1, 0.15) is 33.5 Å². The largest absolute Gasteiger partial charge is 0.760 e. The number of pyridine rings is 1. The van der Waals surface area contributed by atoms with Gasteiger partial charge in [0.1, 0.15) is 6.07 Å². The molecule has 1 aromatic heterocycles. The maximum atomic E-state index is 14.3. The van der Waals surface area contributed by atoms with Gasteiger partial charge in [-0.1, -0.05) is 0 Å². The third-order valence-corrected chi connectivity index (χ3v) is 4.71. The molecule has 0 bridgehead atoms. The number of nitrogens with one attached hydrogen (secondary N) is 1. The summed E-state index contributed by atoms with van der Waals surface area (Å²) in [7, 11) is 0. The summed E-state index contributed by atoms with van der Waals surface area (Å²) < 4.78 is 51.4. The molecular formula is C20H14F2N3O3S-. The zero-order chi connectivity index (χ0) is 21.0. The van der Waals surface area contributed by atoms with Crippen molar-refractivity contribution in [3.05, 3.63) is 76.5 Å². The van der Waals surface area contributed by atoms with Crippen molar-refractivity contribution < 1.29 is 22.3 Å². The van der Waals surface area contributed by atoms with E-state index >= 15 is 0 Å². The molecule has 1 N–H and O–H groups in total. The Kier molecular flexibility index (Phi) is 6.39. The lowest BCUT2D eigenvalue weighted by Crippen LogP contribution is -2.18. The molecule has 148 valence electrons. The lowest BCUT2D eigenvalue weighted by molar-refractivity contribution is 0.103. The van der Waals surface area contributed by atoms with Crippen molar-refractivity contribution in [2.45, 2.75) is 12.8 Å².